The van der Waals surface area contributed by atoms with E-state index in [9.17, 15) is 9.59 Å². The van der Waals surface area contributed by atoms with Crippen LogP contribution < -0.4 is 5.73 Å². The lowest BCUT2D eigenvalue weighted by Gasteiger charge is -2.21. The van der Waals surface area contributed by atoms with Crippen LogP contribution in [0, 0.1) is 0 Å². The van der Waals surface area contributed by atoms with Gasteiger partial charge in [0, 0.05) is 32.6 Å². The van der Waals surface area contributed by atoms with Crippen molar-refractivity contribution in [3.8, 4) is 0 Å². The molecule has 8 heteroatoms. The Morgan fingerprint density at radius 2 is 1.85 bits per heavy atom. The minimum Gasteiger partial charge on any atom is -0.367 e. The van der Waals surface area contributed by atoms with E-state index in [1.165, 1.54) is 11.0 Å². The van der Waals surface area contributed by atoms with Gasteiger partial charge in [-0.25, -0.2) is 9.67 Å². The Labute approximate surface area is 117 Å². The van der Waals surface area contributed by atoms with E-state index in [4.69, 9.17) is 5.73 Å². The Balaban J connectivity index is 1.89. The summed E-state index contributed by atoms with van der Waals surface area (Å²) in [7, 11) is 0. The van der Waals surface area contributed by atoms with Gasteiger partial charge in [0.2, 0.25) is 17.8 Å². The molecule has 1 saturated heterocycles. The Kier molecular flexibility index (Phi) is 4.54. The predicted molar refractivity (Wildman–Crippen MR) is 72.5 cm³/mol. The van der Waals surface area contributed by atoms with Crippen molar-refractivity contribution in [2.75, 3.05) is 31.9 Å². The van der Waals surface area contributed by atoms with E-state index in [0.717, 1.165) is 6.42 Å². The van der Waals surface area contributed by atoms with Crippen molar-refractivity contribution in [3.63, 3.8) is 0 Å². The molecule has 0 radical (unpaired) electrons. The molecule has 8 nitrogen and oxygen atoms in total. The highest BCUT2D eigenvalue weighted by atomic mass is 16.2. The van der Waals surface area contributed by atoms with Crippen LogP contribution in [-0.2, 0) is 16.1 Å². The van der Waals surface area contributed by atoms with Gasteiger partial charge in [-0.05, 0) is 6.42 Å². The van der Waals surface area contributed by atoms with Crippen LogP contribution in [0.15, 0.2) is 6.33 Å². The molecule has 2 N–H and O–H groups in total. The van der Waals surface area contributed by atoms with Gasteiger partial charge in [-0.2, -0.15) is 0 Å². The molecular weight excluding hydrogens is 260 g/mol. The second-order valence-corrected chi connectivity index (χ2v) is 4.77. The summed E-state index contributed by atoms with van der Waals surface area (Å²) in [5.74, 6) is 0.275. The second kappa shape index (κ2) is 6.36. The molecule has 1 aliphatic heterocycles. The van der Waals surface area contributed by atoms with Crippen LogP contribution in [0.4, 0.5) is 5.95 Å². The molecule has 1 fully saturated rings. The fourth-order valence-corrected chi connectivity index (χ4v) is 2.26. The first kappa shape index (κ1) is 14.3. The lowest BCUT2D eigenvalue weighted by Crippen LogP contribution is -2.38. The van der Waals surface area contributed by atoms with Crippen molar-refractivity contribution in [2.24, 2.45) is 0 Å². The van der Waals surface area contributed by atoms with Gasteiger partial charge in [0.1, 0.15) is 12.9 Å². The van der Waals surface area contributed by atoms with Gasteiger partial charge in [0.05, 0.1) is 0 Å². The second-order valence-electron chi connectivity index (χ2n) is 4.77. The van der Waals surface area contributed by atoms with Crippen LogP contribution >= 0.6 is 0 Å². The summed E-state index contributed by atoms with van der Waals surface area (Å²) >= 11 is 0. The fourth-order valence-electron chi connectivity index (χ4n) is 2.26. The average Bonchev–Trinajstić information content (AvgIpc) is 2.70. The number of hydrogen-bond donors (Lipinski definition) is 1. The third kappa shape index (κ3) is 3.46. The summed E-state index contributed by atoms with van der Waals surface area (Å²) in [6.45, 7) is 4.52. The minimum absolute atomic E-state index is 0.0271. The molecule has 0 spiro atoms. The molecule has 0 unspecified atom stereocenters. The van der Waals surface area contributed by atoms with Crippen LogP contribution in [0.3, 0.4) is 0 Å². The van der Waals surface area contributed by atoms with Gasteiger partial charge < -0.3 is 15.5 Å². The van der Waals surface area contributed by atoms with Gasteiger partial charge in [0.15, 0.2) is 0 Å². The Morgan fingerprint density at radius 3 is 2.40 bits per heavy atom. The number of hydrogen-bond acceptors (Lipinski definition) is 5. The quantitative estimate of drug-likeness (QED) is 0.792. The number of amides is 2. The predicted octanol–water partition coefficient (Wildman–Crippen LogP) is -0.669. The summed E-state index contributed by atoms with van der Waals surface area (Å²) in [6.07, 6.45) is 2.75. The van der Waals surface area contributed by atoms with Crippen molar-refractivity contribution < 1.29 is 9.59 Å². The molecule has 110 valence electrons. The minimum atomic E-state index is -0.0271. The lowest BCUT2D eigenvalue weighted by atomic mass is 10.3. The van der Waals surface area contributed by atoms with Crippen LogP contribution in [0.5, 0.6) is 0 Å². The zero-order chi connectivity index (χ0) is 14.5. The van der Waals surface area contributed by atoms with Crippen LogP contribution in [0.1, 0.15) is 19.8 Å². The smallest absolute Gasteiger partial charge is 0.244 e. The fraction of sp³-hybridized carbons (Fsp3) is 0.667. The third-order valence-corrected chi connectivity index (χ3v) is 3.36. The SMILES string of the molecule is CCC(=O)N1CCCN(C(=O)Cn2cnc(N)n2)CC1. The summed E-state index contributed by atoms with van der Waals surface area (Å²) in [6, 6.07) is 0. The van der Waals surface area contributed by atoms with Gasteiger partial charge in [-0.3, -0.25) is 9.59 Å². The standard InChI is InChI=1S/C12H20N6O2/c1-2-10(19)16-4-3-5-17(7-6-16)11(20)8-18-9-14-12(13)15-18/h9H,2-8H2,1H3,(H2,13,15). The van der Waals surface area contributed by atoms with E-state index in [0.29, 0.717) is 32.6 Å². The Bertz CT molecular complexity index is 486. The largest absolute Gasteiger partial charge is 0.367 e. The van der Waals surface area contributed by atoms with Crippen LogP contribution in [0.2, 0.25) is 0 Å². The number of anilines is 1. The zero-order valence-corrected chi connectivity index (χ0v) is 11.7. The maximum atomic E-state index is 12.2. The number of carbonyl (C=O) groups is 2. The molecule has 0 bridgehead atoms. The number of nitrogens with zero attached hydrogens (tertiary/aromatic N) is 5. The monoisotopic (exact) mass is 280 g/mol. The first-order chi connectivity index (χ1) is 9.60. The number of aromatic nitrogens is 3. The van der Waals surface area contributed by atoms with E-state index >= 15 is 0 Å². The van der Waals surface area contributed by atoms with Gasteiger partial charge >= 0.3 is 0 Å². The topological polar surface area (TPSA) is 97.4 Å². The van der Waals surface area contributed by atoms with Gasteiger partial charge in [-0.15, -0.1) is 5.10 Å². The molecule has 2 rings (SSSR count). The highest BCUT2D eigenvalue weighted by Crippen LogP contribution is 2.06. The van der Waals surface area contributed by atoms with Crippen LogP contribution in [-0.4, -0.2) is 62.6 Å². The van der Waals surface area contributed by atoms with Crippen LogP contribution in [0.25, 0.3) is 0 Å². The summed E-state index contributed by atoms with van der Waals surface area (Å²) in [4.78, 5) is 31.2. The molecule has 1 aromatic rings. The average molecular weight is 280 g/mol. The molecule has 0 aromatic carbocycles. The van der Waals surface area contributed by atoms with Crippen molar-refractivity contribution >= 4 is 17.8 Å². The first-order valence-corrected chi connectivity index (χ1v) is 6.80. The van der Waals surface area contributed by atoms with Crippen molar-refractivity contribution in [3.05, 3.63) is 6.33 Å². The highest BCUT2D eigenvalue weighted by molar-refractivity contribution is 5.77. The van der Waals surface area contributed by atoms with Crippen molar-refractivity contribution in [2.45, 2.75) is 26.3 Å². The third-order valence-electron chi connectivity index (χ3n) is 3.36. The van der Waals surface area contributed by atoms with E-state index in [1.54, 1.807) is 4.90 Å². The first-order valence-electron chi connectivity index (χ1n) is 6.80. The van der Waals surface area contributed by atoms with Gasteiger partial charge in [-0.1, -0.05) is 6.92 Å². The molecule has 0 aliphatic carbocycles. The summed E-state index contributed by atoms with van der Waals surface area (Å²) in [5, 5.41) is 3.90. The molecule has 0 atom stereocenters. The Morgan fingerprint density at radius 1 is 1.20 bits per heavy atom. The van der Waals surface area contributed by atoms with Gasteiger partial charge in [0.25, 0.3) is 0 Å². The van der Waals surface area contributed by atoms with Crippen molar-refractivity contribution in [1.82, 2.24) is 24.6 Å². The molecule has 20 heavy (non-hydrogen) atoms. The molecule has 0 saturated carbocycles. The number of nitrogen functional groups attached to an aromatic ring is 1. The number of nitrogens with two attached hydrogens (primary N) is 1. The van der Waals surface area contributed by atoms with E-state index < -0.39 is 0 Å². The Hall–Kier alpha value is -2.12. The summed E-state index contributed by atoms with van der Waals surface area (Å²) in [5.41, 5.74) is 5.41. The normalized spacial score (nSPS) is 16.1. The molecule has 1 aliphatic rings. The lowest BCUT2D eigenvalue weighted by molar-refractivity contribution is -0.133. The number of rotatable bonds is 3. The van der Waals surface area contributed by atoms with Crippen molar-refractivity contribution in [1.29, 1.82) is 0 Å². The molecule has 2 amide bonds. The molecular formula is C12H20N6O2. The van der Waals surface area contributed by atoms with E-state index in [2.05, 4.69) is 10.1 Å². The maximum Gasteiger partial charge on any atom is 0.244 e. The zero-order valence-electron chi connectivity index (χ0n) is 11.7. The van der Waals surface area contributed by atoms with E-state index in [-0.39, 0.29) is 24.3 Å². The highest BCUT2D eigenvalue weighted by Gasteiger charge is 2.21. The van der Waals surface area contributed by atoms with E-state index in [1.807, 2.05) is 11.8 Å². The number of carbonyl (C=O) groups excluding carboxylic acids is 2. The maximum absolute atomic E-state index is 12.2. The molecule has 1 aromatic heterocycles. The molecule has 2 heterocycles. The summed E-state index contributed by atoms with van der Waals surface area (Å²) < 4.78 is 1.43.